The first-order chi connectivity index (χ1) is 13.8. The third kappa shape index (κ3) is 3.79. The van der Waals surface area contributed by atoms with Crippen LogP contribution < -0.4 is 4.74 Å². The molecular formula is C23H25N3O2. The average Bonchev–Trinajstić information content (AvgIpc) is 3.02. The minimum absolute atomic E-state index is 0.0573. The predicted octanol–water partition coefficient (Wildman–Crippen LogP) is 4.56. The van der Waals surface area contributed by atoms with Crippen molar-refractivity contribution < 1.29 is 9.53 Å². The number of carbonyl (C=O) groups is 1. The van der Waals surface area contributed by atoms with E-state index in [0.717, 1.165) is 42.9 Å². The number of benzene rings is 2. The standard InChI is InChI=1S/C23H25N3O2/c1-28-20-13-9-10-18(16-20)22-21(23(27)25-14-7-2-3-8-15-25)17-26(24-22)19-11-5-4-6-12-19/h4-6,9-13,16-17H,2-3,7-8,14-15H2,1H3. The van der Waals surface area contributed by atoms with Crippen molar-refractivity contribution in [3.63, 3.8) is 0 Å². The highest BCUT2D eigenvalue weighted by Crippen LogP contribution is 2.28. The topological polar surface area (TPSA) is 47.4 Å². The SMILES string of the molecule is COc1cccc(-c2nn(-c3ccccc3)cc2C(=O)N2CCCCCC2)c1. The second kappa shape index (κ2) is 8.30. The summed E-state index contributed by atoms with van der Waals surface area (Å²) in [7, 11) is 1.64. The van der Waals surface area contributed by atoms with E-state index in [2.05, 4.69) is 0 Å². The summed E-state index contributed by atoms with van der Waals surface area (Å²) in [6, 6.07) is 17.6. The maximum Gasteiger partial charge on any atom is 0.257 e. The van der Waals surface area contributed by atoms with Crippen LogP contribution in [0.3, 0.4) is 0 Å². The van der Waals surface area contributed by atoms with Gasteiger partial charge in [-0.25, -0.2) is 4.68 Å². The molecule has 0 spiro atoms. The quantitative estimate of drug-likeness (QED) is 0.671. The third-order valence-electron chi connectivity index (χ3n) is 5.20. The van der Waals surface area contributed by atoms with E-state index in [9.17, 15) is 4.79 Å². The van der Waals surface area contributed by atoms with Crippen LogP contribution in [0.4, 0.5) is 0 Å². The molecule has 1 aliphatic heterocycles. The highest BCUT2D eigenvalue weighted by atomic mass is 16.5. The van der Waals surface area contributed by atoms with Gasteiger partial charge < -0.3 is 9.64 Å². The maximum absolute atomic E-state index is 13.4. The third-order valence-corrected chi connectivity index (χ3v) is 5.20. The average molecular weight is 375 g/mol. The van der Waals surface area contributed by atoms with E-state index in [4.69, 9.17) is 9.84 Å². The molecule has 4 rings (SSSR count). The number of carbonyl (C=O) groups excluding carboxylic acids is 1. The molecule has 1 fully saturated rings. The number of hydrogen-bond donors (Lipinski definition) is 0. The van der Waals surface area contributed by atoms with Crippen LogP contribution in [-0.2, 0) is 0 Å². The summed E-state index contributed by atoms with van der Waals surface area (Å²) >= 11 is 0. The maximum atomic E-state index is 13.4. The Hall–Kier alpha value is -3.08. The number of amides is 1. The van der Waals surface area contributed by atoms with Crippen molar-refractivity contribution in [2.45, 2.75) is 25.7 Å². The van der Waals surface area contributed by atoms with Crippen LogP contribution in [0.5, 0.6) is 5.75 Å². The van der Waals surface area contributed by atoms with Crippen molar-refractivity contribution in [1.29, 1.82) is 0 Å². The van der Waals surface area contributed by atoms with Gasteiger partial charge in [-0.05, 0) is 37.1 Å². The lowest BCUT2D eigenvalue weighted by atomic mass is 10.1. The highest BCUT2D eigenvalue weighted by molar-refractivity contribution is 6.00. The molecule has 1 aliphatic rings. The second-order valence-corrected chi connectivity index (χ2v) is 7.11. The number of methoxy groups -OCH3 is 1. The van der Waals surface area contributed by atoms with Gasteiger partial charge in [-0.2, -0.15) is 5.10 Å². The number of aromatic nitrogens is 2. The van der Waals surface area contributed by atoms with Crippen molar-refractivity contribution in [2.24, 2.45) is 0 Å². The van der Waals surface area contributed by atoms with Crippen molar-refractivity contribution in [3.8, 4) is 22.7 Å². The molecule has 0 bridgehead atoms. The Kier molecular flexibility index (Phi) is 5.42. The van der Waals surface area contributed by atoms with Crippen LogP contribution in [0, 0.1) is 0 Å². The van der Waals surface area contributed by atoms with Gasteiger partial charge in [0.05, 0.1) is 18.4 Å². The molecule has 144 valence electrons. The Bertz CT molecular complexity index is 941. The molecule has 1 amide bonds. The predicted molar refractivity (Wildman–Crippen MR) is 110 cm³/mol. The summed E-state index contributed by atoms with van der Waals surface area (Å²) in [4.78, 5) is 15.4. The van der Waals surface area contributed by atoms with E-state index in [1.54, 1.807) is 11.8 Å². The van der Waals surface area contributed by atoms with E-state index in [0.29, 0.717) is 11.3 Å². The Morgan fingerprint density at radius 1 is 0.964 bits per heavy atom. The molecule has 5 heteroatoms. The summed E-state index contributed by atoms with van der Waals surface area (Å²) in [5, 5.41) is 4.78. The molecule has 2 heterocycles. The van der Waals surface area contributed by atoms with Gasteiger partial charge in [0.2, 0.25) is 0 Å². The molecule has 28 heavy (non-hydrogen) atoms. The number of likely N-dealkylation sites (tertiary alicyclic amines) is 1. The van der Waals surface area contributed by atoms with Gasteiger partial charge >= 0.3 is 0 Å². The smallest absolute Gasteiger partial charge is 0.257 e. The Morgan fingerprint density at radius 3 is 2.43 bits per heavy atom. The normalized spacial score (nSPS) is 14.5. The molecule has 0 aliphatic carbocycles. The fraction of sp³-hybridized carbons (Fsp3) is 0.304. The highest BCUT2D eigenvalue weighted by Gasteiger charge is 2.24. The zero-order valence-electron chi connectivity index (χ0n) is 16.2. The van der Waals surface area contributed by atoms with Gasteiger partial charge in [-0.3, -0.25) is 4.79 Å². The molecule has 0 N–H and O–H groups in total. The molecule has 0 saturated carbocycles. The molecule has 1 saturated heterocycles. The van der Waals surface area contributed by atoms with Crippen LogP contribution in [0.1, 0.15) is 36.0 Å². The van der Waals surface area contributed by atoms with E-state index in [-0.39, 0.29) is 5.91 Å². The van der Waals surface area contributed by atoms with Gasteiger partial charge in [-0.15, -0.1) is 0 Å². The molecule has 3 aromatic rings. The molecule has 1 aromatic heterocycles. The number of nitrogens with zero attached hydrogens (tertiary/aromatic N) is 3. The molecule has 0 unspecified atom stereocenters. The minimum Gasteiger partial charge on any atom is -0.497 e. The van der Waals surface area contributed by atoms with Gasteiger partial charge in [-0.1, -0.05) is 43.2 Å². The van der Waals surface area contributed by atoms with Gasteiger partial charge in [0.15, 0.2) is 0 Å². The Morgan fingerprint density at radius 2 is 1.71 bits per heavy atom. The summed E-state index contributed by atoms with van der Waals surface area (Å²) in [5.74, 6) is 0.807. The van der Waals surface area contributed by atoms with Crippen molar-refractivity contribution in [2.75, 3.05) is 20.2 Å². The van der Waals surface area contributed by atoms with Crippen molar-refractivity contribution >= 4 is 5.91 Å². The van der Waals surface area contributed by atoms with Crippen LogP contribution in [0.25, 0.3) is 16.9 Å². The van der Waals surface area contributed by atoms with Crippen LogP contribution in [-0.4, -0.2) is 40.8 Å². The lowest BCUT2D eigenvalue weighted by Crippen LogP contribution is -2.31. The fourth-order valence-corrected chi connectivity index (χ4v) is 3.67. The number of rotatable bonds is 4. The number of para-hydroxylation sites is 1. The first-order valence-corrected chi connectivity index (χ1v) is 9.85. The number of hydrogen-bond acceptors (Lipinski definition) is 3. The van der Waals surface area contributed by atoms with E-state index < -0.39 is 0 Å². The second-order valence-electron chi connectivity index (χ2n) is 7.11. The lowest BCUT2D eigenvalue weighted by molar-refractivity contribution is 0.0762. The van der Waals surface area contributed by atoms with Gasteiger partial charge in [0, 0.05) is 24.8 Å². The van der Waals surface area contributed by atoms with E-state index in [1.807, 2.05) is 65.7 Å². The van der Waals surface area contributed by atoms with Crippen LogP contribution in [0.2, 0.25) is 0 Å². The largest absolute Gasteiger partial charge is 0.497 e. The first kappa shape index (κ1) is 18.3. The zero-order valence-corrected chi connectivity index (χ0v) is 16.2. The summed E-state index contributed by atoms with van der Waals surface area (Å²) in [5.41, 5.74) is 3.14. The number of ether oxygens (including phenoxy) is 1. The van der Waals surface area contributed by atoms with E-state index >= 15 is 0 Å². The van der Waals surface area contributed by atoms with Crippen molar-refractivity contribution in [3.05, 3.63) is 66.4 Å². The molecular weight excluding hydrogens is 350 g/mol. The molecule has 0 atom stereocenters. The lowest BCUT2D eigenvalue weighted by Gasteiger charge is -2.20. The summed E-state index contributed by atoms with van der Waals surface area (Å²) < 4.78 is 7.16. The van der Waals surface area contributed by atoms with E-state index in [1.165, 1.54) is 12.8 Å². The Labute approximate surface area is 165 Å². The minimum atomic E-state index is 0.0573. The van der Waals surface area contributed by atoms with Crippen molar-refractivity contribution in [1.82, 2.24) is 14.7 Å². The zero-order chi connectivity index (χ0) is 19.3. The first-order valence-electron chi connectivity index (χ1n) is 9.85. The van der Waals surface area contributed by atoms with Crippen LogP contribution in [0.15, 0.2) is 60.8 Å². The monoisotopic (exact) mass is 375 g/mol. The van der Waals surface area contributed by atoms with Gasteiger partial charge in [0.25, 0.3) is 5.91 Å². The van der Waals surface area contributed by atoms with Gasteiger partial charge in [0.1, 0.15) is 11.4 Å². The molecule has 0 radical (unpaired) electrons. The summed E-state index contributed by atoms with van der Waals surface area (Å²) in [6.45, 7) is 1.62. The molecule has 5 nitrogen and oxygen atoms in total. The fourth-order valence-electron chi connectivity index (χ4n) is 3.67. The van der Waals surface area contributed by atoms with Crippen LogP contribution >= 0.6 is 0 Å². The Balaban J connectivity index is 1.78. The molecule has 2 aromatic carbocycles. The summed E-state index contributed by atoms with van der Waals surface area (Å²) in [6.07, 6.45) is 6.36.